The molecule has 0 bridgehead atoms. The van der Waals surface area contributed by atoms with E-state index in [1.165, 1.54) is 0 Å². The highest BCUT2D eigenvalue weighted by molar-refractivity contribution is 6.04. The number of nitrogens with zero attached hydrogens (tertiary/aromatic N) is 4. The number of fused-ring (bicyclic) bond motifs is 1. The van der Waals surface area contributed by atoms with Crippen LogP contribution in [0.4, 0.5) is 11.4 Å². The van der Waals surface area contributed by atoms with Gasteiger partial charge in [0.2, 0.25) is 11.8 Å². The average molecular weight is 324 g/mol. The molecule has 24 heavy (non-hydrogen) atoms. The summed E-state index contributed by atoms with van der Waals surface area (Å²) in [5, 5.41) is 8.14. The van der Waals surface area contributed by atoms with Gasteiger partial charge in [-0.3, -0.25) is 9.59 Å². The molecule has 1 aromatic carbocycles. The lowest BCUT2D eigenvalue weighted by atomic mass is 10.0. The molecule has 124 valence electrons. The molecule has 0 aliphatic carbocycles. The van der Waals surface area contributed by atoms with Gasteiger partial charge in [-0.25, -0.2) is 0 Å². The van der Waals surface area contributed by atoms with Crippen molar-refractivity contribution in [1.29, 1.82) is 0 Å². The summed E-state index contributed by atoms with van der Waals surface area (Å²) in [5.74, 6) is 2.59. The summed E-state index contributed by atoms with van der Waals surface area (Å²) in [6.07, 6.45) is 7.80. The smallest absolute Gasteiger partial charge is 0.228 e. The Balaban J connectivity index is 1.72. The maximum Gasteiger partial charge on any atom is 0.228 e. The van der Waals surface area contributed by atoms with E-state index in [0.717, 1.165) is 11.4 Å². The first-order valence-corrected chi connectivity index (χ1v) is 8.10. The van der Waals surface area contributed by atoms with Crippen LogP contribution in [0.5, 0.6) is 0 Å². The molecular weight excluding hydrogens is 304 g/mol. The lowest BCUT2D eigenvalue weighted by molar-refractivity contribution is -0.119. The van der Waals surface area contributed by atoms with E-state index in [9.17, 15) is 9.59 Å². The fraction of sp³-hybridized carbons (Fsp3) is 0.444. The Labute approximate surface area is 141 Å². The molecule has 6 nitrogen and oxygen atoms in total. The molecule has 0 saturated carbocycles. The van der Waals surface area contributed by atoms with Crippen LogP contribution in [-0.4, -0.2) is 31.1 Å². The fourth-order valence-corrected chi connectivity index (χ4v) is 2.98. The molecule has 0 atom stereocenters. The predicted molar refractivity (Wildman–Crippen MR) is 91.7 cm³/mol. The highest BCUT2D eigenvalue weighted by Crippen LogP contribution is 2.38. The maximum absolute atomic E-state index is 12.7. The van der Waals surface area contributed by atoms with E-state index >= 15 is 0 Å². The number of hydrogen-bond acceptors (Lipinski definition) is 4. The highest BCUT2D eigenvalue weighted by Gasteiger charge is 2.40. The fourth-order valence-electron chi connectivity index (χ4n) is 2.98. The number of anilines is 2. The quantitative estimate of drug-likeness (QED) is 0.782. The van der Waals surface area contributed by atoms with E-state index in [1.807, 2.05) is 24.3 Å². The lowest BCUT2D eigenvalue weighted by Crippen LogP contribution is -2.32. The number of rotatable bonds is 5. The molecule has 0 fully saturated rings. The zero-order valence-corrected chi connectivity index (χ0v) is 13.7. The van der Waals surface area contributed by atoms with Crippen LogP contribution >= 0.6 is 0 Å². The van der Waals surface area contributed by atoms with Crippen molar-refractivity contribution in [2.24, 2.45) is 10.2 Å². The van der Waals surface area contributed by atoms with Crippen molar-refractivity contribution in [2.75, 3.05) is 23.4 Å². The molecule has 2 aliphatic heterocycles. The third-order valence-electron chi connectivity index (χ3n) is 4.55. The monoisotopic (exact) mass is 324 g/mol. The lowest BCUT2D eigenvalue weighted by Gasteiger charge is -2.24. The van der Waals surface area contributed by atoms with Crippen LogP contribution in [0.15, 0.2) is 34.5 Å². The van der Waals surface area contributed by atoms with Gasteiger partial charge in [0.25, 0.3) is 0 Å². The van der Waals surface area contributed by atoms with E-state index in [1.54, 1.807) is 16.8 Å². The van der Waals surface area contributed by atoms with Crippen LogP contribution in [0.2, 0.25) is 0 Å². The number of amides is 2. The molecule has 0 radical (unpaired) electrons. The second-order valence-corrected chi connectivity index (χ2v) is 6.12. The van der Waals surface area contributed by atoms with Crippen molar-refractivity contribution in [1.82, 2.24) is 0 Å². The second-order valence-electron chi connectivity index (χ2n) is 6.12. The Bertz CT molecular complexity index is 729. The normalized spacial score (nSPS) is 17.9. The van der Waals surface area contributed by atoms with Gasteiger partial charge in [-0.1, -0.05) is 12.1 Å². The predicted octanol–water partition coefficient (Wildman–Crippen LogP) is 2.74. The highest BCUT2D eigenvalue weighted by atomic mass is 16.2. The molecule has 0 N–H and O–H groups in total. The van der Waals surface area contributed by atoms with Gasteiger partial charge in [-0.05, 0) is 12.1 Å². The number of hydrogen-bond donors (Lipinski definition) is 0. The minimum Gasteiger partial charge on any atom is -0.313 e. The van der Waals surface area contributed by atoms with E-state index in [0.29, 0.717) is 38.6 Å². The van der Waals surface area contributed by atoms with Gasteiger partial charge in [0.1, 0.15) is 0 Å². The van der Waals surface area contributed by atoms with Crippen molar-refractivity contribution in [2.45, 2.75) is 37.8 Å². The van der Waals surface area contributed by atoms with Crippen LogP contribution in [-0.2, 0) is 9.59 Å². The van der Waals surface area contributed by atoms with Crippen molar-refractivity contribution in [3.63, 3.8) is 0 Å². The number of terminal acetylenes is 1. The van der Waals surface area contributed by atoms with Gasteiger partial charge < -0.3 is 9.80 Å². The molecule has 0 aromatic heterocycles. The minimum atomic E-state index is -0.458. The number of carbonyl (C=O) groups is 2. The summed E-state index contributed by atoms with van der Waals surface area (Å²) in [6, 6.07) is 7.48. The number of benzene rings is 1. The van der Waals surface area contributed by atoms with Crippen LogP contribution in [0.3, 0.4) is 0 Å². The van der Waals surface area contributed by atoms with Gasteiger partial charge in [-0.2, -0.15) is 10.2 Å². The third kappa shape index (κ3) is 3.16. The van der Waals surface area contributed by atoms with E-state index in [-0.39, 0.29) is 11.8 Å². The van der Waals surface area contributed by atoms with Gasteiger partial charge in [0.05, 0.1) is 11.4 Å². The maximum atomic E-state index is 12.7. The zero-order valence-electron chi connectivity index (χ0n) is 13.7. The van der Waals surface area contributed by atoms with E-state index in [4.69, 9.17) is 6.42 Å². The summed E-state index contributed by atoms with van der Waals surface area (Å²) in [4.78, 5) is 28.2. The summed E-state index contributed by atoms with van der Waals surface area (Å²) in [5.41, 5.74) is 1.08. The topological polar surface area (TPSA) is 65.3 Å². The molecule has 2 heterocycles. The Morgan fingerprint density at radius 2 is 2.00 bits per heavy atom. The molecule has 2 amide bonds. The molecule has 1 aromatic rings. The molecule has 3 rings (SSSR count). The van der Waals surface area contributed by atoms with Crippen LogP contribution in [0, 0.1) is 12.3 Å². The average Bonchev–Trinajstić information content (AvgIpc) is 3.39. The van der Waals surface area contributed by atoms with E-state index in [2.05, 4.69) is 16.1 Å². The summed E-state index contributed by atoms with van der Waals surface area (Å²) < 4.78 is 0. The zero-order chi connectivity index (χ0) is 17.2. The Morgan fingerprint density at radius 3 is 2.67 bits per heavy atom. The summed E-state index contributed by atoms with van der Waals surface area (Å²) in [6.45, 7) is 0.394. The van der Waals surface area contributed by atoms with Crippen LogP contribution in [0.1, 0.15) is 32.1 Å². The standard InChI is InChI=1S/C18H20N4O2/c1-3-4-11-18(19-20-18)12-9-17(24)22-13-10-16(23)21(2)14-7-5-6-8-15(14)22/h1,5-8H,4,9-13H2,2H3. The number of para-hydroxylation sites is 2. The third-order valence-corrected chi connectivity index (χ3v) is 4.55. The molecule has 2 aliphatic rings. The van der Waals surface area contributed by atoms with Crippen molar-refractivity contribution in [3.05, 3.63) is 24.3 Å². The Kier molecular flexibility index (Phi) is 4.34. The molecule has 0 spiro atoms. The van der Waals surface area contributed by atoms with Crippen LogP contribution < -0.4 is 9.80 Å². The van der Waals surface area contributed by atoms with Crippen molar-refractivity contribution < 1.29 is 9.59 Å². The Morgan fingerprint density at radius 1 is 1.29 bits per heavy atom. The second kappa shape index (κ2) is 6.44. The number of carbonyl (C=O) groups excluding carboxylic acids is 2. The van der Waals surface area contributed by atoms with E-state index < -0.39 is 5.66 Å². The van der Waals surface area contributed by atoms with Gasteiger partial charge >= 0.3 is 0 Å². The molecule has 0 saturated heterocycles. The summed E-state index contributed by atoms with van der Waals surface area (Å²) >= 11 is 0. The van der Waals surface area contributed by atoms with Gasteiger partial charge in [0.15, 0.2) is 5.66 Å². The molecule has 6 heteroatoms. The van der Waals surface area contributed by atoms with Crippen molar-refractivity contribution >= 4 is 23.2 Å². The summed E-state index contributed by atoms with van der Waals surface area (Å²) in [7, 11) is 1.74. The minimum absolute atomic E-state index is 0.00966. The first-order valence-electron chi connectivity index (χ1n) is 8.10. The molecular formula is C18H20N4O2. The SMILES string of the molecule is C#CCCC1(CCC(=O)N2CCC(=O)N(C)c3ccccc32)N=N1. The largest absolute Gasteiger partial charge is 0.313 e. The Hall–Kier alpha value is -2.68. The van der Waals surface area contributed by atoms with Crippen molar-refractivity contribution in [3.8, 4) is 12.3 Å². The first kappa shape index (κ1) is 16.2. The van der Waals surface area contributed by atoms with Gasteiger partial charge in [0, 0.05) is 45.7 Å². The molecule has 0 unspecified atom stereocenters. The van der Waals surface area contributed by atoms with Crippen LogP contribution in [0.25, 0.3) is 0 Å². The van der Waals surface area contributed by atoms with Gasteiger partial charge in [-0.15, -0.1) is 12.3 Å². The first-order chi connectivity index (χ1) is 11.6.